The van der Waals surface area contributed by atoms with E-state index in [1.165, 1.54) is 0 Å². The first kappa shape index (κ1) is 15.0. The zero-order chi connectivity index (χ0) is 14.4. The maximum absolute atomic E-state index is 6.35. The summed E-state index contributed by atoms with van der Waals surface area (Å²) in [6.45, 7) is 2.93. The zero-order valence-electron chi connectivity index (χ0n) is 11.8. The molecule has 2 atom stereocenters. The van der Waals surface area contributed by atoms with E-state index >= 15 is 0 Å². The molecule has 0 aliphatic heterocycles. The summed E-state index contributed by atoms with van der Waals surface area (Å²) in [4.78, 5) is 0. The van der Waals surface area contributed by atoms with Crippen molar-refractivity contribution in [2.75, 3.05) is 13.7 Å². The minimum Gasteiger partial charge on any atom is -0.375 e. The molecular weight excluding hydrogens is 270 g/mol. The summed E-state index contributed by atoms with van der Waals surface area (Å²) in [5, 5.41) is 4.24. The van der Waals surface area contributed by atoms with Crippen molar-refractivity contribution < 1.29 is 4.74 Å². The molecule has 20 heavy (non-hydrogen) atoms. The third-order valence-electron chi connectivity index (χ3n) is 3.35. The molecule has 2 aromatic carbocycles. The lowest BCUT2D eigenvalue weighted by molar-refractivity contribution is 0.0681. The smallest absolute Gasteiger partial charge is 0.102 e. The summed E-state index contributed by atoms with van der Waals surface area (Å²) in [6, 6.07) is 18.2. The summed E-state index contributed by atoms with van der Waals surface area (Å²) in [7, 11) is 1.73. The maximum atomic E-state index is 6.35. The van der Waals surface area contributed by atoms with Gasteiger partial charge in [-0.25, -0.2) is 0 Å². The van der Waals surface area contributed by atoms with Gasteiger partial charge in [-0.2, -0.15) is 0 Å². The van der Waals surface area contributed by atoms with Gasteiger partial charge in [-0.3, -0.25) is 0 Å². The Bertz CT molecular complexity index is 530. The van der Waals surface area contributed by atoms with E-state index in [0.717, 1.165) is 22.7 Å². The van der Waals surface area contributed by atoms with Gasteiger partial charge in [0, 0.05) is 12.1 Å². The van der Waals surface area contributed by atoms with Crippen molar-refractivity contribution >= 4 is 11.6 Å². The number of hydrogen-bond acceptors (Lipinski definition) is 2. The normalized spacial score (nSPS) is 13.9. The molecule has 0 aromatic heterocycles. The van der Waals surface area contributed by atoms with Crippen LogP contribution >= 0.6 is 11.6 Å². The van der Waals surface area contributed by atoms with Gasteiger partial charge in [-0.15, -0.1) is 0 Å². The first-order valence-corrected chi connectivity index (χ1v) is 7.21. The number of likely N-dealkylation sites (N-methyl/N-ethyl adjacent to an activating group) is 1. The van der Waals surface area contributed by atoms with Crippen LogP contribution in [0.5, 0.6) is 0 Å². The lowest BCUT2D eigenvalue weighted by Gasteiger charge is -2.28. The van der Waals surface area contributed by atoms with E-state index in [0.29, 0.717) is 0 Å². The molecule has 0 heterocycles. The van der Waals surface area contributed by atoms with E-state index in [2.05, 4.69) is 24.4 Å². The highest BCUT2D eigenvalue weighted by atomic mass is 35.5. The Hall–Kier alpha value is -1.35. The predicted octanol–water partition coefficient (Wildman–Crippen LogP) is 4.38. The van der Waals surface area contributed by atoms with Gasteiger partial charge >= 0.3 is 0 Å². The fraction of sp³-hybridized carbons (Fsp3) is 0.294. The largest absolute Gasteiger partial charge is 0.375 e. The molecule has 0 amide bonds. The number of halogens is 1. The molecule has 0 saturated carbocycles. The SMILES string of the molecule is CCNC(c1ccccc1Cl)C(OC)c1ccccc1. The van der Waals surface area contributed by atoms with Crippen LogP contribution < -0.4 is 5.32 Å². The van der Waals surface area contributed by atoms with Gasteiger partial charge < -0.3 is 10.1 Å². The van der Waals surface area contributed by atoms with Crippen LogP contribution in [0.15, 0.2) is 54.6 Å². The molecule has 0 spiro atoms. The second-order valence-electron chi connectivity index (χ2n) is 4.62. The average molecular weight is 290 g/mol. The van der Waals surface area contributed by atoms with Crippen LogP contribution in [0.2, 0.25) is 5.02 Å². The molecule has 2 rings (SSSR count). The number of rotatable bonds is 6. The van der Waals surface area contributed by atoms with E-state index in [4.69, 9.17) is 16.3 Å². The standard InChI is InChI=1S/C17H20ClNO/c1-3-19-16(14-11-7-8-12-15(14)18)17(20-2)13-9-5-4-6-10-13/h4-12,16-17,19H,3H2,1-2H3. The van der Waals surface area contributed by atoms with Gasteiger partial charge in [-0.1, -0.05) is 67.1 Å². The molecule has 106 valence electrons. The minimum atomic E-state index is -0.0731. The van der Waals surface area contributed by atoms with Gasteiger partial charge in [-0.05, 0) is 23.7 Å². The molecule has 0 fully saturated rings. The highest BCUT2D eigenvalue weighted by Crippen LogP contribution is 2.34. The van der Waals surface area contributed by atoms with Crippen molar-refractivity contribution in [3.63, 3.8) is 0 Å². The first-order chi connectivity index (χ1) is 9.77. The number of ether oxygens (including phenoxy) is 1. The summed E-state index contributed by atoms with van der Waals surface area (Å²) < 4.78 is 5.74. The quantitative estimate of drug-likeness (QED) is 0.852. The molecule has 0 saturated heterocycles. The third kappa shape index (κ3) is 3.40. The summed E-state index contributed by atoms with van der Waals surface area (Å²) >= 11 is 6.35. The van der Waals surface area contributed by atoms with Crippen molar-refractivity contribution in [3.8, 4) is 0 Å². The third-order valence-corrected chi connectivity index (χ3v) is 3.69. The fourth-order valence-corrected chi connectivity index (χ4v) is 2.69. The molecule has 3 heteroatoms. The molecule has 2 nitrogen and oxygen atoms in total. The molecule has 0 aliphatic rings. The number of hydrogen-bond donors (Lipinski definition) is 1. The van der Waals surface area contributed by atoms with Gasteiger partial charge in [0.05, 0.1) is 6.04 Å². The fourth-order valence-electron chi connectivity index (χ4n) is 2.43. The Balaban J connectivity index is 2.39. The van der Waals surface area contributed by atoms with Crippen molar-refractivity contribution in [1.29, 1.82) is 0 Å². The van der Waals surface area contributed by atoms with Crippen molar-refractivity contribution in [2.45, 2.75) is 19.1 Å². The van der Waals surface area contributed by atoms with E-state index in [-0.39, 0.29) is 12.1 Å². The van der Waals surface area contributed by atoms with E-state index < -0.39 is 0 Å². The van der Waals surface area contributed by atoms with Gasteiger partial charge in [0.2, 0.25) is 0 Å². The molecule has 2 unspecified atom stereocenters. The minimum absolute atomic E-state index is 0.0288. The lowest BCUT2D eigenvalue weighted by atomic mass is 9.95. The van der Waals surface area contributed by atoms with Crippen LogP contribution in [-0.4, -0.2) is 13.7 Å². The average Bonchev–Trinajstić information content (AvgIpc) is 2.49. The van der Waals surface area contributed by atoms with Crippen LogP contribution in [0.4, 0.5) is 0 Å². The second-order valence-corrected chi connectivity index (χ2v) is 5.03. The van der Waals surface area contributed by atoms with Crippen molar-refractivity contribution in [3.05, 3.63) is 70.7 Å². The van der Waals surface area contributed by atoms with E-state index in [9.17, 15) is 0 Å². The summed E-state index contributed by atoms with van der Waals surface area (Å²) in [5.74, 6) is 0. The summed E-state index contributed by atoms with van der Waals surface area (Å²) in [6.07, 6.45) is -0.0731. The monoisotopic (exact) mass is 289 g/mol. The predicted molar refractivity (Wildman–Crippen MR) is 84.1 cm³/mol. The van der Waals surface area contributed by atoms with Crippen molar-refractivity contribution in [2.24, 2.45) is 0 Å². The Morgan fingerprint density at radius 1 is 1.05 bits per heavy atom. The highest BCUT2D eigenvalue weighted by Gasteiger charge is 2.25. The van der Waals surface area contributed by atoms with Gasteiger partial charge in [0.25, 0.3) is 0 Å². The van der Waals surface area contributed by atoms with Crippen LogP contribution in [0.25, 0.3) is 0 Å². The van der Waals surface area contributed by atoms with E-state index in [1.807, 2.05) is 42.5 Å². The van der Waals surface area contributed by atoms with Crippen LogP contribution in [0.3, 0.4) is 0 Å². The molecule has 1 N–H and O–H groups in total. The molecule has 0 radical (unpaired) electrons. The topological polar surface area (TPSA) is 21.3 Å². The number of nitrogens with one attached hydrogen (secondary N) is 1. The molecular formula is C17H20ClNO. The lowest BCUT2D eigenvalue weighted by Crippen LogP contribution is -2.28. The van der Waals surface area contributed by atoms with Crippen LogP contribution in [0, 0.1) is 0 Å². The second kappa shape index (κ2) is 7.44. The number of benzene rings is 2. The van der Waals surface area contributed by atoms with E-state index in [1.54, 1.807) is 7.11 Å². The molecule has 0 bridgehead atoms. The Morgan fingerprint density at radius 3 is 2.30 bits per heavy atom. The Kier molecular flexibility index (Phi) is 5.60. The van der Waals surface area contributed by atoms with Crippen LogP contribution in [-0.2, 0) is 4.74 Å². The maximum Gasteiger partial charge on any atom is 0.102 e. The summed E-state index contributed by atoms with van der Waals surface area (Å²) in [5.41, 5.74) is 2.20. The van der Waals surface area contributed by atoms with Crippen molar-refractivity contribution in [1.82, 2.24) is 5.32 Å². The molecule has 2 aromatic rings. The van der Waals surface area contributed by atoms with Gasteiger partial charge in [0.15, 0.2) is 0 Å². The Morgan fingerprint density at radius 2 is 1.70 bits per heavy atom. The van der Waals surface area contributed by atoms with Gasteiger partial charge in [0.1, 0.15) is 6.10 Å². The Labute approximate surface area is 125 Å². The first-order valence-electron chi connectivity index (χ1n) is 6.83. The molecule has 0 aliphatic carbocycles. The highest BCUT2D eigenvalue weighted by molar-refractivity contribution is 6.31. The van der Waals surface area contributed by atoms with Crippen LogP contribution in [0.1, 0.15) is 30.2 Å². The zero-order valence-corrected chi connectivity index (χ0v) is 12.6. The number of methoxy groups -OCH3 is 1.